The number of phenols is 1. The second-order valence-corrected chi connectivity index (χ2v) is 6.98. The molecule has 2 N–H and O–H groups in total. The van der Waals surface area contributed by atoms with E-state index in [2.05, 4.69) is 28.1 Å². The van der Waals surface area contributed by atoms with E-state index >= 15 is 0 Å². The lowest BCUT2D eigenvalue weighted by Gasteiger charge is -2.37. The zero-order valence-corrected chi connectivity index (χ0v) is 14.4. The van der Waals surface area contributed by atoms with Crippen molar-refractivity contribution in [2.24, 2.45) is 0 Å². The molecule has 0 bridgehead atoms. The van der Waals surface area contributed by atoms with E-state index in [1.54, 1.807) is 0 Å². The van der Waals surface area contributed by atoms with Crippen molar-refractivity contribution in [1.82, 2.24) is 15.1 Å². The van der Waals surface area contributed by atoms with Crippen LogP contribution in [0.15, 0.2) is 18.2 Å². The van der Waals surface area contributed by atoms with Crippen LogP contribution in [0.3, 0.4) is 0 Å². The Morgan fingerprint density at radius 2 is 2.04 bits per heavy atom. The monoisotopic (exact) mass is 317 g/mol. The van der Waals surface area contributed by atoms with Crippen molar-refractivity contribution in [3.8, 4) is 5.75 Å². The molecule has 4 nitrogen and oxygen atoms in total. The fourth-order valence-electron chi connectivity index (χ4n) is 4.00. The molecular formula is C19H31N3O. The lowest BCUT2D eigenvalue weighted by atomic mass is 9.87. The first-order chi connectivity index (χ1) is 11.3. The Labute approximate surface area is 140 Å². The third-order valence-corrected chi connectivity index (χ3v) is 5.33. The molecule has 4 heteroatoms. The number of hydrogen-bond donors (Lipinski definition) is 2. The van der Waals surface area contributed by atoms with E-state index in [-0.39, 0.29) is 0 Å². The van der Waals surface area contributed by atoms with Gasteiger partial charge in [0.05, 0.1) is 0 Å². The van der Waals surface area contributed by atoms with Crippen molar-refractivity contribution in [2.75, 3.05) is 45.8 Å². The molecule has 1 aromatic carbocycles. The Morgan fingerprint density at radius 1 is 1.22 bits per heavy atom. The average Bonchev–Trinajstić information content (AvgIpc) is 2.59. The third-order valence-electron chi connectivity index (χ3n) is 5.33. The normalized spacial score (nSPS) is 22.3. The predicted molar refractivity (Wildman–Crippen MR) is 95.1 cm³/mol. The van der Waals surface area contributed by atoms with Crippen molar-refractivity contribution in [3.63, 3.8) is 0 Å². The second kappa shape index (κ2) is 8.13. The summed E-state index contributed by atoms with van der Waals surface area (Å²) in [5, 5.41) is 13.2. The molecule has 1 saturated heterocycles. The van der Waals surface area contributed by atoms with Gasteiger partial charge in [-0.15, -0.1) is 0 Å². The largest absolute Gasteiger partial charge is 0.508 e. The summed E-state index contributed by atoms with van der Waals surface area (Å²) in [5.41, 5.74) is 2.78. The highest BCUT2D eigenvalue weighted by Gasteiger charge is 2.24. The number of phenolic OH excluding ortho intramolecular Hbond substituents is 1. The molecule has 1 unspecified atom stereocenters. The highest BCUT2D eigenvalue weighted by molar-refractivity contribution is 5.37. The molecule has 1 aliphatic heterocycles. The Hall–Kier alpha value is -1.10. The molecule has 0 aromatic heterocycles. The minimum Gasteiger partial charge on any atom is -0.508 e. The highest BCUT2D eigenvalue weighted by Crippen LogP contribution is 2.27. The minimum atomic E-state index is 0.409. The lowest BCUT2D eigenvalue weighted by Crippen LogP contribution is -2.48. The number of aryl methyl sites for hydroxylation is 1. The average molecular weight is 317 g/mol. The van der Waals surface area contributed by atoms with Crippen LogP contribution in [0, 0.1) is 0 Å². The summed E-state index contributed by atoms with van der Waals surface area (Å²) >= 11 is 0. The van der Waals surface area contributed by atoms with Crippen molar-refractivity contribution in [1.29, 1.82) is 0 Å². The standard InChI is InChI=1S/C19H31N3O/c1-2-9-22(13-12-21-10-7-20-8-11-21)18-5-3-16-4-6-19(23)15-17(16)14-18/h4,6,15,18,20,23H,2-3,5,7-14H2,1H3. The fraction of sp³-hybridized carbons (Fsp3) is 0.684. The summed E-state index contributed by atoms with van der Waals surface area (Å²) in [5.74, 6) is 0.409. The van der Waals surface area contributed by atoms with Gasteiger partial charge in [-0.2, -0.15) is 0 Å². The minimum absolute atomic E-state index is 0.409. The molecule has 1 fully saturated rings. The van der Waals surface area contributed by atoms with E-state index in [9.17, 15) is 5.11 Å². The van der Waals surface area contributed by atoms with Gasteiger partial charge in [0.25, 0.3) is 0 Å². The van der Waals surface area contributed by atoms with Crippen molar-refractivity contribution < 1.29 is 5.11 Å². The maximum Gasteiger partial charge on any atom is 0.115 e. The summed E-state index contributed by atoms with van der Waals surface area (Å²) in [6, 6.07) is 6.54. The Bertz CT molecular complexity index is 499. The first-order valence-electron chi connectivity index (χ1n) is 9.24. The maximum atomic E-state index is 9.76. The van der Waals surface area contributed by atoms with Crippen LogP contribution in [0.25, 0.3) is 0 Å². The van der Waals surface area contributed by atoms with Crippen LogP contribution >= 0.6 is 0 Å². The van der Waals surface area contributed by atoms with Gasteiger partial charge in [-0.25, -0.2) is 0 Å². The van der Waals surface area contributed by atoms with Crippen LogP contribution in [0.5, 0.6) is 5.75 Å². The number of fused-ring (bicyclic) bond motifs is 1. The van der Waals surface area contributed by atoms with Crippen molar-refractivity contribution in [3.05, 3.63) is 29.3 Å². The molecule has 1 aromatic rings. The summed E-state index contributed by atoms with van der Waals surface area (Å²) in [7, 11) is 0. The second-order valence-electron chi connectivity index (χ2n) is 6.98. The van der Waals surface area contributed by atoms with E-state index in [4.69, 9.17) is 0 Å². The van der Waals surface area contributed by atoms with Crippen LogP contribution in [-0.4, -0.2) is 66.8 Å². The van der Waals surface area contributed by atoms with Gasteiger partial charge >= 0.3 is 0 Å². The molecule has 0 spiro atoms. The van der Waals surface area contributed by atoms with Crippen molar-refractivity contribution >= 4 is 0 Å². The molecular weight excluding hydrogens is 286 g/mol. The summed E-state index contributed by atoms with van der Waals surface area (Å²) < 4.78 is 0. The molecule has 2 aliphatic rings. The molecule has 1 heterocycles. The number of hydrogen-bond acceptors (Lipinski definition) is 4. The maximum absolute atomic E-state index is 9.76. The van der Waals surface area contributed by atoms with Crippen LogP contribution in [0.1, 0.15) is 30.9 Å². The van der Waals surface area contributed by atoms with E-state index in [1.165, 1.54) is 56.7 Å². The van der Waals surface area contributed by atoms with Gasteiger partial charge < -0.3 is 10.4 Å². The number of benzene rings is 1. The van der Waals surface area contributed by atoms with E-state index in [0.717, 1.165) is 25.9 Å². The molecule has 0 radical (unpaired) electrons. The SMILES string of the molecule is CCCN(CCN1CCNCC1)C1CCc2ccc(O)cc2C1. The molecule has 1 atom stereocenters. The molecule has 3 rings (SSSR count). The number of rotatable bonds is 6. The van der Waals surface area contributed by atoms with Crippen molar-refractivity contribution in [2.45, 2.75) is 38.6 Å². The number of piperazine rings is 1. The molecule has 0 amide bonds. The fourth-order valence-corrected chi connectivity index (χ4v) is 4.00. The first-order valence-corrected chi connectivity index (χ1v) is 9.24. The van der Waals surface area contributed by atoms with Gasteiger partial charge in [0.1, 0.15) is 5.75 Å². The third kappa shape index (κ3) is 4.46. The predicted octanol–water partition coefficient (Wildman–Crippen LogP) is 1.87. The first kappa shape index (κ1) is 16.7. The van der Waals surface area contributed by atoms with Crippen LogP contribution in [-0.2, 0) is 12.8 Å². The van der Waals surface area contributed by atoms with Gasteiger partial charge in [-0.05, 0) is 55.5 Å². The van der Waals surface area contributed by atoms with Gasteiger partial charge in [-0.1, -0.05) is 13.0 Å². The smallest absolute Gasteiger partial charge is 0.115 e. The summed E-state index contributed by atoms with van der Waals surface area (Å²) in [6.07, 6.45) is 4.70. The Kier molecular flexibility index (Phi) is 5.92. The molecule has 23 heavy (non-hydrogen) atoms. The van der Waals surface area contributed by atoms with Gasteiger partial charge in [0.2, 0.25) is 0 Å². The van der Waals surface area contributed by atoms with Crippen LogP contribution in [0.4, 0.5) is 0 Å². The zero-order chi connectivity index (χ0) is 16.1. The van der Waals surface area contributed by atoms with Gasteiger partial charge in [0.15, 0.2) is 0 Å². The molecule has 128 valence electrons. The molecule has 0 saturated carbocycles. The van der Waals surface area contributed by atoms with E-state index in [1.807, 2.05) is 12.1 Å². The number of aromatic hydroxyl groups is 1. The van der Waals surface area contributed by atoms with Crippen LogP contribution < -0.4 is 5.32 Å². The topological polar surface area (TPSA) is 38.7 Å². The molecule has 1 aliphatic carbocycles. The van der Waals surface area contributed by atoms with E-state index in [0.29, 0.717) is 11.8 Å². The Balaban J connectivity index is 1.59. The number of nitrogens with zero attached hydrogens (tertiary/aromatic N) is 2. The zero-order valence-electron chi connectivity index (χ0n) is 14.4. The summed E-state index contributed by atoms with van der Waals surface area (Å²) in [4.78, 5) is 5.27. The summed E-state index contributed by atoms with van der Waals surface area (Å²) in [6.45, 7) is 10.4. The quantitative estimate of drug-likeness (QED) is 0.840. The van der Waals surface area contributed by atoms with E-state index < -0.39 is 0 Å². The van der Waals surface area contributed by atoms with Gasteiger partial charge in [0, 0.05) is 45.3 Å². The lowest BCUT2D eigenvalue weighted by molar-refractivity contribution is 0.142. The Morgan fingerprint density at radius 3 is 2.83 bits per heavy atom. The van der Waals surface area contributed by atoms with Crippen LogP contribution in [0.2, 0.25) is 0 Å². The van der Waals surface area contributed by atoms with Gasteiger partial charge in [-0.3, -0.25) is 9.80 Å². The highest BCUT2D eigenvalue weighted by atomic mass is 16.3. The number of nitrogens with one attached hydrogen (secondary N) is 1.